The third kappa shape index (κ3) is 4.29. The lowest BCUT2D eigenvalue weighted by Crippen LogP contribution is -2.49. The van der Waals surface area contributed by atoms with Crippen molar-refractivity contribution in [1.82, 2.24) is 9.47 Å². The van der Waals surface area contributed by atoms with Gasteiger partial charge in [-0.1, -0.05) is 25.6 Å². The fraction of sp³-hybridized carbons (Fsp3) is 0.333. The van der Waals surface area contributed by atoms with Gasteiger partial charge in [0.15, 0.2) is 5.76 Å². The van der Waals surface area contributed by atoms with Crippen LogP contribution in [0.5, 0.6) is 0 Å². The SMILES string of the molecule is C.Cn1c(=O)c(NS(C)(=O)=O)c(N2CCN(C(=O)c3ccco3)CC2)c2ccccc21. The van der Waals surface area contributed by atoms with Gasteiger partial charge >= 0.3 is 0 Å². The summed E-state index contributed by atoms with van der Waals surface area (Å²) in [4.78, 5) is 29.2. The minimum atomic E-state index is -3.67. The van der Waals surface area contributed by atoms with Gasteiger partial charge in [-0.05, 0) is 18.2 Å². The topological polar surface area (TPSA) is 105 Å². The number of amides is 1. The molecule has 31 heavy (non-hydrogen) atoms. The molecule has 0 unspecified atom stereocenters. The van der Waals surface area contributed by atoms with E-state index in [2.05, 4.69) is 4.72 Å². The van der Waals surface area contributed by atoms with Gasteiger partial charge in [-0.3, -0.25) is 14.3 Å². The van der Waals surface area contributed by atoms with Crippen molar-refractivity contribution >= 4 is 38.2 Å². The van der Waals surface area contributed by atoms with Crippen molar-refractivity contribution in [2.45, 2.75) is 7.43 Å². The number of nitrogens with one attached hydrogen (secondary N) is 1. The van der Waals surface area contributed by atoms with E-state index in [9.17, 15) is 18.0 Å². The molecule has 1 amide bonds. The number of fused-ring (bicyclic) bond motifs is 1. The number of hydrogen-bond acceptors (Lipinski definition) is 6. The standard InChI is InChI=1S/C20H22N4O5S.CH4/c1-22-15-7-4-3-6-14(15)18(17(20(22)26)21-30(2,27)28)23-9-11-24(12-10-23)19(25)16-8-5-13-29-16;/h3-8,13,21H,9-12H2,1-2H3;1H4. The van der Waals surface area contributed by atoms with Crippen LogP contribution in [0.1, 0.15) is 18.0 Å². The number of aromatic nitrogens is 1. The Morgan fingerprint density at radius 1 is 1.06 bits per heavy atom. The molecule has 1 aromatic carbocycles. The van der Waals surface area contributed by atoms with Gasteiger partial charge in [0.1, 0.15) is 5.69 Å². The molecule has 0 aliphatic carbocycles. The Bertz CT molecular complexity index is 1260. The molecule has 1 saturated heterocycles. The number of benzene rings is 1. The van der Waals surface area contributed by atoms with Crippen molar-refractivity contribution in [3.05, 3.63) is 58.8 Å². The summed E-state index contributed by atoms with van der Waals surface area (Å²) in [5.41, 5.74) is 0.822. The van der Waals surface area contributed by atoms with Crippen molar-refractivity contribution in [3.8, 4) is 0 Å². The number of piperazine rings is 1. The molecule has 1 aliphatic rings. The van der Waals surface area contributed by atoms with E-state index in [1.54, 1.807) is 24.1 Å². The number of nitrogens with zero attached hydrogens (tertiary/aromatic N) is 3. The molecule has 0 spiro atoms. The van der Waals surface area contributed by atoms with Crippen LogP contribution >= 0.6 is 0 Å². The molecule has 1 aliphatic heterocycles. The number of pyridine rings is 1. The number of aryl methyl sites for hydroxylation is 1. The highest BCUT2D eigenvalue weighted by molar-refractivity contribution is 7.92. The van der Waals surface area contributed by atoms with Crippen LogP contribution in [0.4, 0.5) is 11.4 Å². The van der Waals surface area contributed by atoms with Crippen molar-refractivity contribution in [2.24, 2.45) is 7.05 Å². The maximum absolute atomic E-state index is 13.0. The molecule has 4 rings (SSSR count). The van der Waals surface area contributed by atoms with Gasteiger partial charge in [0, 0.05) is 38.6 Å². The zero-order valence-electron chi connectivity index (χ0n) is 16.7. The molecule has 1 fully saturated rings. The molecule has 2 aromatic heterocycles. The molecule has 0 bridgehead atoms. The average molecular weight is 447 g/mol. The number of para-hydroxylation sites is 1. The number of furan rings is 1. The van der Waals surface area contributed by atoms with Gasteiger partial charge in [0.25, 0.3) is 11.5 Å². The monoisotopic (exact) mass is 446 g/mol. The van der Waals surface area contributed by atoms with E-state index >= 15 is 0 Å². The second kappa shape index (κ2) is 8.46. The van der Waals surface area contributed by atoms with Gasteiger partial charge in [0.05, 0.1) is 23.7 Å². The zero-order chi connectivity index (χ0) is 21.5. The van der Waals surface area contributed by atoms with Crippen LogP contribution in [-0.4, -0.2) is 56.2 Å². The summed E-state index contributed by atoms with van der Waals surface area (Å²) in [5.74, 6) is 0.0879. The minimum Gasteiger partial charge on any atom is -0.459 e. The van der Waals surface area contributed by atoms with E-state index in [1.165, 1.54) is 10.8 Å². The van der Waals surface area contributed by atoms with Crippen LogP contribution in [0.3, 0.4) is 0 Å². The fourth-order valence-corrected chi connectivity index (χ4v) is 4.33. The van der Waals surface area contributed by atoms with E-state index in [0.29, 0.717) is 37.4 Å². The molecule has 9 nitrogen and oxygen atoms in total. The first-order valence-electron chi connectivity index (χ1n) is 9.43. The largest absolute Gasteiger partial charge is 0.459 e. The summed E-state index contributed by atoms with van der Waals surface area (Å²) in [6.07, 6.45) is 2.48. The predicted octanol–water partition coefficient (Wildman–Crippen LogP) is 2.10. The molecule has 0 saturated carbocycles. The van der Waals surface area contributed by atoms with Crippen molar-refractivity contribution in [2.75, 3.05) is 42.1 Å². The van der Waals surface area contributed by atoms with E-state index in [-0.39, 0.29) is 24.8 Å². The quantitative estimate of drug-likeness (QED) is 0.658. The molecule has 3 heterocycles. The maximum Gasteiger partial charge on any atom is 0.289 e. The highest BCUT2D eigenvalue weighted by Gasteiger charge is 2.28. The fourth-order valence-electron chi connectivity index (χ4n) is 3.77. The van der Waals surface area contributed by atoms with Gasteiger partial charge in [0.2, 0.25) is 10.0 Å². The van der Waals surface area contributed by atoms with E-state index in [0.717, 1.165) is 11.6 Å². The van der Waals surface area contributed by atoms with Gasteiger partial charge in [-0.15, -0.1) is 0 Å². The Morgan fingerprint density at radius 3 is 2.35 bits per heavy atom. The lowest BCUT2D eigenvalue weighted by molar-refractivity contribution is 0.0715. The van der Waals surface area contributed by atoms with Crippen molar-refractivity contribution in [3.63, 3.8) is 0 Å². The molecule has 0 radical (unpaired) electrons. The van der Waals surface area contributed by atoms with Crippen molar-refractivity contribution in [1.29, 1.82) is 0 Å². The normalized spacial score (nSPS) is 14.4. The number of anilines is 2. The highest BCUT2D eigenvalue weighted by Crippen LogP contribution is 2.33. The smallest absolute Gasteiger partial charge is 0.289 e. The Hall–Kier alpha value is -3.27. The number of carbonyl (C=O) groups excluding carboxylic acids is 1. The minimum absolute atomic E-state index is 0. The number of carbonyl (C=O) groups is 1. The number of rotatable bonds is 4. The highest BCUT2D eigenvalue weighted by atomic mass is 32.2. The molecule has 3 aromatic rings. The Kier molecular flexibility index (Phi) is 6.12. The lowest BCUT2D eigenvalue weighted by Gasteiger charge is -2.37. The second-order valence-corrected chi connectivity index (χ2v) is 8.98. The predicted molar refractivity (Wildman–Crippen MR) is 121 cm³/mol. The average Bonchev–Trinajstić information content (AvgIpc) is 3.26. The summed E-state index contributed by atoms with van der Waals surface area (Å²) >= 11 is 0. The first kappa shape index (κ1) is 22.4. The van der Waals surface area contributed by atoms with Crippen LogP contribution in [0.15, 0.2) is 51.9 Å². The van der Waals surface area contributed by atoms with Crippen molar-refractivity contribution < 1.29 is 17.6 Å². The number of hydrogen-bond donors (Lipinski definition) is 1. The van der Waals surface area contributed by atoms with Crippen LogP contribution in [0.2, 0.25) is 0 Å². The van der Waals surface area contributed by atoms with E-state index in [4.69, 9.17) is 4.42 Å². The zero-order valence-corrected chi connectivity index (χ0v) is 17.5. The molecule has 1 N–H and O–H groups in total. The van der Waals surface area contributed by atoms with Crippen LogP contribution in [0.25, 0.3) is 10.9 Å². The number of sulfonamides is 1. The van der Waals surface area contributed by atoms with E-state index < -0.39 is 15.6 Å². The van der Waals surface area contributed by atoms with Crippen LogP contribution in [0, 0.1) is 0 Å². The molecule has 166 valence electrons. The summed E-state index contributed by atoms with van der Waals surface area (Å²) in [6.45, 7) is 1.73. The Morgan fingerprint density at radius 2 is 1.74 bits per heavy atom. The lowest BCUT2D eigenvalue weighted by atomic mass is 10.1. The van der Waals surface area contributed by atoms with Gasteiger partial charge in [-0.2, -0.15) is 0 Å². The van der Waals surface area contributed by atoms with Gasteiger partial charge < -0.3 is 18.8 Å². The first-order chi connectivity index (χ1) is 14.3. The maximum atomic E-state index is 13.0. The third-order valence-electron chi connectivity index (χ3n) is 5.18. The van der Waals surface area contributed by atoms with Crippen LogP contribution in [-0.2, 0) is 17.1 Å². The molecular weight excluding hydrogens is 420 g/mol. The van der Waals surface area contributed by atoms with E-state index in [1.807, 2.05) is 29.2 Å². The third-order valence-corrected chi connectivity index (χ3v) is 5.75. The summed E-state index contributed by atoms with van der Waals surface area (Å²) < 4.78 is 33.0. The summed E-state index contributed by atoms with van der Waals surface area (Å²) in [5, 5.41) is 0.761. The summed E-state index contributed by atoms with van der Waals surface area (Å²) in [6, 6.07) is 10.6. The molecular formula is C21H26N4O5S. The molecule has 10 heteroatoms. The van der Waals surface area contributed by atoms with Gasteiger partial charge in [-0.25, -0.2) is 8.42 Å². The Balaban J connectivity index is 0.00000272. The van der Waals surface area contributed by atoms with Crippen LogP contribution < -0.4 is 15.2 Å². The first-order valence-corrected chi connectivity index (χ1v) is 11.3. The second-order valence-electron chi connectivity index (χ2n) is 7.24. The Labute approximate surface area is 180 Å². The molecule has 0 atom stereocenters. The summed E-state index contributed by atoms with van der Waals surface area (Å²) in [7, 11) is -2.05.